The molecule has 0 N–H and O–H groups in total. The fourth-order valence-electron chi connectivity index (χ4n) is 3.85. The molecule has 2 atom stereocenters. The minimum Gasteiger partial charge on any atom is -0.339 e. The molecule has 1 fully saturated rings. The minimum atomic E-state index is 0.357. The lowest BCUT2D eigenvalue weighted by molar-refractivity contribution is 0.166. The Morgan fingerprint density at radius 3 is 2.81 bits per heavy atom. The van der Waals surface area contributed by atoms with Gasteiger partial charge in [-0.25, -0.2) is 0 Å². The van der Waals surface area contributed by atoms with E-state index in [4.69, 9.17) is 9.51 Å². The Kier molecular flexibility index (Phi) is 4.83. The molecule has 27 heavy (non-hydrogen) atoms. The number of piperidine rings is 1. The van der Waals surface area contributed by atoms with E-state index in [-0.39, 0.29) is 0 Å². The Balaban J connectivity index is 1.52. The van der Waals surface area contributed by atoms with Crippen molar-refractivity contribution >= 4 is 0 Å². The molecule has 1 aliphatic heterocycles. The Labute approximate surface area is 160 Å². The van der Waals surface area contributed by atoms with Crippen LogP contribution in [0.4, 0.5) is 0 Å². The van der Waals surface area contributed by atoms with Gasteiger partial charge in [0.2, 0.25) is 11.7 Å². The monoisotopic (exact) mass is 365 g/mol. The average Bonchev–Trinajstić information content (AvgIpc) is 3.25. The van der Waals surface area contributed by atoms with Crippen LogP contribution in [0.1, 0.15) is 48.5 Å². The highest BCUT2D eigenvalue weighted by atomic mass is 16.5. The minimum absolute atomic E-state index is 0.357. The van der Waals surface area contributed by atoms with Crippen LogP contribution in [0.15, 0.2) is 34.9 Å². The van der Waals surface area contributed by atoms with Gasteiger partial charge in [0.15, 0.2) is 0 Å². The van der Waals surface area contributed by atoms with E-state index in [0.29, 0.717) is 17.8 Å². The van der Waals surface area contributed by atoms with Crippen LogP contribution in [0.5, 0.6) is 0 Å². The largest absolute Gasteiger partial charge is 0.339 e. The second-order valence-corrected chi connectivity index (χ2v) is 7.79. The normalized spacial score (nSPS) is 20.9. The second-order valence-electron chi connectivity index (χ2n) is 7.79. The van der Waals surface area contributed by atoms with E-state index in [1.807, 2.05) is 23.7 Å². The van der Waals surface area contributed by atoms with Crippen LogP contribution >= 0.6 is 0 Å². The van der Waals surface area contributed by atoms with Crippen molar-refractivity contribution in [3.05, 3.63) is 53.2 Å². The van der Waals surface area contributed by atoms with E-state index in [9.17, 15) is 0 Å². The maximum atomic E-state index is 5.63. The predicted octanol–water partition coefficient (Wildman–Crippen LogP) is 3.80. The van der Waals surface area contributed by atoms with Gasteiger partial charge in [0.1, 0.15) is 0 Å². The van der Waals surface area contributed by atoms with Gasteiger partial charge in [-0.1, -0.05) is 23.4 Å². The van der Waals surface area contributed by atoms with Crippen LogP contribution in [0.3, 0.4) is 0 Å². The summed E-state index contributed by atoms with van der Waals surface area (Å²) < 4.78 is 7.65. The second kappa shape index (κ2) is 7.27. The Morgan fingerprint density at radius 1 is 1.22 bits per heavy atom. The van der Waals surface area contributed by atoms with Gasteiger partial charge >= 0.3 is 0 Å². The molecule has 0 saturated carbocycles. The lowest BCUT2D eigenvalue weighted by Gasteiger charge is -2.33. The Bertz CT molecular complexity index is 928. The highest BCUT2D eigenvalue weighted by Crippen LogP contribution is 2.31. The fourth-order valence-corrected chi connectivity index (χ4v) is 3.85. The van der Waals surface area contributed by atoms with Crippen LogP contribution in [-0.2, 0) is 6.54 Å². The van der Waals surface area contributed by atoms with Crippen LogP contribution in [0.2, 0.25) is 0 Å². The van der Waals surface area contributed by atoms with Gasteiger partial charge in [0.25, 0.3) is 0 Å². The summed E-state index contributed by atoms with van der Waals surface area (Å²) in [7, 11) is 2.18. The van der Waals surface area contributed by atoms with Crippen LogP contribution in [-0.4, -0.2) is 44.5 Å². The summed E-state index contributed by atoms with van der Waals surface area (Å²) in [5.41, 5.74) is 4.37. The highest BCUT2D eigenvalue weighted by Gasteiger charge is 2.28. The van der Waals surface area contributed by atoms with Gasteiger partial charge in [0, 0.05) is 23.2 Å². The molecule has 0 spiro atoms. The van der Waals surface area contributed by atoms with Gasteiger partial charge < -0.3 is 9.42 Å². The molecule has 0 aliphatic carbocycles. The first-order valence-electron chi connectivity index (χ1n) is 9.64. The van der Waals surface area contributed by atoms with Crippen molar-refractivity contribution in [1.29, 1.82) is 0 Å². The van der Waals surface area contributed by atoms with Gasteiger partial charge in [-0.15, -0.1) is 0 Å². The fraction of sp³-hybridized carbons (Fsp3) is 0.476. The number of aromatic nitrogens is 4. The van der Waals surface area contributed by atoms with E-state index >= 15 is 0 Å². The molecule has 1 saturated heterocycles. The molecule has 0 bridgehead atoms. The van der Waals surface area contributed by atoms with Crippen molar-refractivity contribution in [1.82, 2.24) is 24.8 Å². The standard InChI is InChI=1S/C21H27N5O/c1-14-10-16(3)26(23-14)13-17-6-5-7-18(12-17)20-22-21(27-24-20)19-8-9-25(4)15(2)11-19/h5-7,10,12,15,19H,8-9,11,13H2,1-4H3/t15-,19-/m0/s1. The van der Waals surface area contributed by atoms with Gasteiger partial charge in [0.05, 0.1) is 12.2 Å². The summed E-state index contributed by atoms with van der Waals surface area (Å²) in [4.78, 5) is 7.10. The summed E-state index contributed by atoms with van der Waals surface area (Å²) in [6, 6.07) is 11.0. The number of hydrogen-bond acceptors (Lipinski definition) is 5. The summed E-state index contributed by atoms with van der Waals surface area (Å²) >= 11 is 0. The molecule has 2 aromatic heterocycles. The van der Waals surface area contributed by atoms with E-state index in [0.717, 1.165) is 48.8 Å². The predicted molar refractivity (Wildman–Crippen MR) is 105 cm³/mol. The molecule has 6 nitrogen and oxygen atoms in total. The van der Waals surface area contributed by atoms with Crippen molar-refractivity contribution in [2.45, 2.75) is 52.1 Å². The van der Waals surface area contributed by atoms with E-state index in [2.05, 4.69) is 54.2 Å². The van der Waals surface area contributed by atoms with Crippen molar-refractivity contribution in [2.24, 2.45) is 0 Å². The number of benzene rings is 1. The van der Waals surface area contributed by atoms with Crippen molar-refractivity contribution in [2.75, 3.05) is 13.6 Å². The molecule has 142 valence electrons. The molecule has 0 amide bonds. The molecular formula is C21H27N5O. The zero-order chi connectivity index (χ0) is 19.0. The molecule has 3 aromatic rings. The first-order chi connectivity index (χ1) is 13.0. The lowest BCUT2D eigenvalue weighted by atomic mass is 9.92. The van der Waals surface area contributed by atoms with E-state index in [1.54, 1.807) is 0 Å². The maximum Gasteiger partial charge on any atom is 0.230 e. The molecule has 4 rings (SSSR count). The molecule has 0 radical (unpaired) electrons. The van der Waals surface area contributed by atoms with Crippen molar-refractivity contribution in [3.8, 4) is 11.4 Å². The first kappa shape index (κ1) is 17.9. The third-order valence-electron chi connectivity index (χ3n) is 5.62. The lowest BCUT2D eigenvalue weighted by Crippen LogP contribution is -2.36. The smallest absolute Gasteiger partial charge is 0.230 e. The molecule has 3 heterocycles. The average molecular weight is 365 g/mol. The molecule has 1 aromatic carbocycles. The zero-order valence-corrected chi connectivity index (χ0v) is 16.5. The molecule has 1 aliphatic rings. The van der Waals surface area contributed by atoms with Crippen molar-refractivity contribution in [3.63, 3.8) is 0 Å². The Morgan fingerprint density at radius 2 is 2.07 bits per heavy atom. The number of rotatable bonds is 4. The third-order valence-corrected chi connectivity index (χ3v) is 5.62. The quantitative estimate of drug-likeness (QED) is 0.704. The molecule has 6 heteroatoms. The summed E-state index contributed by atoms with van der Waals surface area (Å²) in [5, 5.41) is 8.80. The van der Waals surface area contributed by atoms with Gasteiger partial charge in [-0.2, -0.15) is 10.1 Å². The molecular weight excluding hydrogens is 338 g/mol. The summed E-state index contributed by atoms with van der Waals surface area (Å²) in [6.07, 6.45) is 2.14. The number of hydrogen-bond donors (Lipinski definition) is 0. The van der Waals surface area contributed by atoms with Crippen molar-refractivity contribution < 1.29 is 4.52 Å². The maximum absolute atomic E-state index is 5.63. The van der Waals surface area contributed by atoms with Crippen LogP contribution < -0.4 is 0 Å². The number of likely N-dealkylation sites (tertiary alicyclic amines) is 1. The Hall–Kier alpha value is -2.47. The molecule has 0 unspecified atom stereocenters. The number of aryl methyl sites for hydroxylation is 2. The van der Waals surface area contributed by atoms with Crippen LogP contribution in [0.25, 0.3) is 11.4 Å². The summed E-state index contributed by atoms with van der Waals surface area (Å²) in [5.74, 6) is 1.80. The third kappa shape index (κ3) is 3.81. The van der Waals surface area contributed by atoms with Crippen LogP contribution in [0, 0.1) is 13.8 Å². The highest BCUT2D eigenvalue weighted by molar-refractivity contribution is 5.55. The van der Waals surface area contributed by atoms with Gasteiger partial charge in [-0.3, -0.25) is 4.68 Å². The number of nitrogens with zero attached hydrogens (tertiary/aromatic N) is 5. The first-order valence-corrected chi connectivity index (χ1v) is 9.64. The SMILES string of the molecule is Cc1cc(C)n(Cc2cccc(-c3noc([C@H]4CCN(C)[C@@H](C)C4)n3)c2)n1. The van der Waals surface area contributed by atoms with E-state index < -0.39 is 0 Å². The van der Waals surface area contributed by atoms with Gasteiger partial charge in [-0.05, 0) is 64.9 Å². The summed E-state index contributed by atoms with van der Waals surface area (Å²) in [6.45, 7) is 8.17. The van der Waals surface area contributed by atoms with E-state index in [1.165, 1.54) is 5.56 Å². The zero-order valence-electron chi connectivity index (χ0n) is 16.5. The topological polar surface area (TPSA) is 60.0 Å².